The third kappa shape index (κ3) is 4.84. The van der Waals surface area contributed by atoms with E-state index >= 15 is 0 Å². The SMILES string of the molecule is COc1ccccc1CC(CNC(=O)c1ccc(N2CCNC2=O)cc1)C(=O)O. The average molecular weight is 397 g/mol. The number of aliphatic carboxylic acids is 1. The summed E-state index contributed by atoms with van der Waals surface area (Å²) in [6.07, 6.45) is 0.239. The van der Waals surface area contributed by atoms with E-state index in [-0.39, 0.29) is 24.9 Å². The first kappa shape index (κ1) is 20.2. The number of benzene rings is 2. The molecule has 0 bridgehead atoms. The Kier molecular flexibility index (Phi) is 6.33. The van der Waals surface area contributed by atoms with Crippen molar-refractivity contribution in [2.45, 2.75) is 6.42 Å². The van der Waals surface area contributed by atoms with Crippen LogP contribution in [0, 0.1) is 5.92 Å². The molecule has 2 aromatic rings. The number of carbonyl (C=O) groups excluding carboxylic acids is 2. The van der Waals surface area contributed by atoms with E-state index in [1.54, 1.807) is 35.2 Å². The fourth-order valence-electron chi connectivity index (χ4n) is 3.21. The van der Waals surface area contributed by atoms with Gasteiger partial charge in [0.15, 0.2) is 0 Å². The maximum Gasteiger partial charge on any atom is 0.321 e. The van der Waals surface area contributed by atoms with Crippen molar-refractivity contribution < 1.29 is 24.2 Å². The number of urea groups is 1. The number of carboxylic acid groups (broad SMARTS) is 1. The van der Waals surface area contributed by atoms with Crippen LogP contribution >= 0.6 is 0 Å². The Hall–Kier alpha value is -3.55. The molecule has 29 heavy (non-hydrogen) atoms. The van der Waals surface area contributed by atoms with Crippen molar-refractivity contribution in [3.05, 3.63) is 59.7 Å². The van der Waals surface area contributed by atoms with Gasteiger partial charge in [0, 0.05) is 30.9 Å². The molecule has 0 aromatic heterocycles. The number of carboxylic acids is 1. The summed E-state index contributed by atoms with van der Waals surface area (Å²) in [6.45, 7) is 1.15. The number of anilines is 1. The van der Waals surface area contributed by atoms with Gasteiger partial charge in [-0.25, -0.2) is 4.79 Å². The minimum atomic E-state index is -0.994. The highest BCUT2D eigenvalue weighted by Crippen LogP contribution is 2.21. The first-order chi connectivity index (χ1) is 14.0. The van der Waals surface area contributed by atoms with Gasteiger partial charge in [-0.05, 0) is 42.3 Å². The zero-order chi connectivity index (χ0) is 20.8. The highest BCUT2D eigenvalue weighted by Gasteiger charge is 2.23. The molecule has 0 aliphatic carbocycles. The van der Waals surface area contributed by atoms with Crippen LogP contribution in [0.2, 0.25) is 0 Å². The molecule has 1 aliphatic rings. The van der Waals surface area contributed by atoms with E-state index in [0.717, 1.165) is 5.56 Å². The van der Waals surface area contributed by atoms with Gasteiger partial charge in [-0.15, -0.1) is 0 Å². The van der Waals surface area contributed by atoms with Gasteiger partial charge in [0.05, 0.1) is 13.0 Å². The van der Waals surface area contributed by atoms with Gasteiger partial charge in [-0.2, -0.15) is 0 Å². The summed E-state index contributed by atoms with van der Waals surface area (Å²) >= 11 is 0. The van der Waals surface area contributed by atoms with E-state index in [4.69, 9.17) is 4.74 Å². The summed E-state index contributed by atoms with van der Waals surface area (Å²) in [5, 5.41) is 14.9. The predicted octanol–water partition coefficient (Wildman–Crippen LogP) is 1.90. The Labute approximate surface area is 168 Å². The van der Waals surface area contributed by atoms with Gasteiger partial charge in [0.2, 0.25) is 0 Å². The van der Waals surface area contributed by atoms with Crippen LogP contribution in [-0.4, -0.2) is 49.8 Å². The lowest BCUT2D eigenvalue weighted by Gasteiger charge is -2.16. The Morgan fingerprint density at radius 1 is 1.21 bits per heavy atom. The lowest BCUT2D eigenvalue weighted by Crippen LogP contribution is -2.34. The smallest absolute Gasteiger partial charge is 0.321 e. The first-order valence-corrected chi connectivity index (χ1v) is 9.28. The summed E-state index contributed by atoms with van der Waals surface area (Å²) in [5.41, 5.74) is 1.87. The number of ether oxygens (including phenoxy) is 1. The highest BCUT2D eigenvalue weighted by molar-refractivity contribution is 5.97. The van der Waals surface area contributed by atoms with Gasteiger partial charge in [-0.1, -0.05) is 18.2 Å². The van der Waals surface area contributed by atoms with E-state index in [1.165, 1.54) is 7.11 Å². The van der Waals surface area contributed by atoms with Crippen LogP contribution in [0.3, 0.4) is 0 Å². The van der Waals surface area contributed by atoms with E-state index in [2.05, 4.69) is 10.6 Å². The van der Waals surface area contributed by atoms with Gasteiger partial charge >= 0.3 is 12.0 Å². The van der Waals surface area contributed by atoms with Crippen LogP contribution in [0.25, 0.3) is 0 Å². The number of methoxy groups -OCH3 is 1. The molecule has 0 saturated carbocycles. The molecule has 8 heteroatoms. The highest BCUT2D eigenvalue weighted by atomic mass is 16.5. The van der Waals surface area contributed by atoms with E-state index in [1.807, 2.05) is 18.2 Å². The van der Waals surface area contributed by atoms with Crippen molar-refractivity contribution in [2.75, 3.05) is 31.6 Å². The fourth-order valence-corrected chi connectivity index (χ4v) is 3.21. The second-order valence-electron chi connectivity index (χ2n) is 6.69. The van der Waals surface area contributed by atoms with Crippen LogP contribution in [-0.2, 0) is 11.2 Å². The number of nitrogens with one attached hydrogen (secondary N) is 2. The van der Waals surface area contributed by atoms with Crippen molar-refractivity contribution >= 4 is 23.6 Å². The molecule has 0 radical (unpaired) electrons. The van der Waals surface area contributed by atoms with Crippen molar-refractivity contribution in [1.29, 1.82) is 0 Å². The van der Waals surface area contributed by atoms with E-state index in [9.17, 15) is 19.5 Å². The van der Waals surface area contributed by atoms with Crippen LogP contribution in [0.5, 0.6) is 5.75 Å². The molecular weight excluding hydrogens is 374 g/mol. The Bertz CT molecular complexity index is 897. The van der Waals surface area contributed by atoms with Gasteiger partial charge in [0.25, 0.3) is 5.91 Å². The summed E-state index contributed by atoms with van der Waals surface area (Å²) in [6, 6.07) is 13.7. The minimum Gasteiger partial charge on any atom is -0.496 e. The fraction of sp³-hybridized carbons (Fsp3) is 0.286. The molecular formula is C21H23N3O5. The number of carbonyl (C=O) groups is 3. The molecule has 0 spiro atoms. The molecule has 152 valence electrons. The lowest BCUT2D eigenvalue weighted by molar-refractivity contribution is -0.141. The summed E-state index contributed by atoms with van der Waals surface area (Å²) in [5.74, 6) is -1.53. The molecule has 1 unspecified atom stereocenters. The average Bonchev–Trinajstić information content (AvgIpc) is 3.16. The summed E-state index contributed by atoms with van der Waals surface area (Å²) in [7, 11) is 1.53. The minimum absolute atomic E-state index is 0.0114. The maximum absolute atomic E-state index is 12.4. The second kappa shape index (κ2) is 9.09. The summed E-state index contributed by atoms with van der Waals surface area (Å²) < 4.78 is 5.27. The zero-order valence-corrected chi connectivity index (χ0v) is 16.1. The Morgan fingerprint density at radius 3 is 2.55 bits per heavy atom. The largest absolute Gasteiger partial charge is 0.496 e. The normalized spacial score (nSPS) is 14.2. The Balaban J connectivity index is 1.61. The van der Waals surface area contributed by atoms with Crippen molar-refractivity contribution in [3.63, 3.8) is 0 Å². The first-order valence-electron chi connectivity index (χ1n) is 9.28. The molecule has 1 fully saturated rings. The van der Waals surface area contributed by atoms with Crippen LogP contribution < -0.4 is 20.3 Å². The van der Waals surface area contributed by atoms with Gasteiger partial charge in [-0.3, -0.25) is 14.5 Å². The van der Waals surface area contributed by atoms with Gasteiger partial charge < -0.3 is 20.5 Å². The number of nitrogens with zero attached hydrogens (tertiary/aromatic N) is 1. The molecule has 2 aromatic carbocycles. The molecule has 1 aliphatic heterocycles. The van der Waals surface area contributed by atoms with Crippen LogP contribution in [0.4, 0.5) is 10.5 Å². The quantitative estimate of drug-likeness (QED) is 0.631. The number of rotatable bonds is 8. The van der Waals surface area contributed by atoms with Crippen LogP contribution in [0.1, 0.15) is 15.9 Å². The summed E-state index contributed by atoms with van der Waals surface area (Å²) in [4.78, 5) is 37.4. The third-order valence-corrected chi connectivity index (χ3v) is 4.82. The molecule has 3 amide bonds. The molecule has 1 saturated heterocycles. The number of hydrogen-bond donors (Lipinski definition) is 3. The monoisotopic (exact) mass is 397 g/mol. The standard InChI is InChI=1S/C21H23N3O5/c1-29-18-5-3-2-4-15(18)12-16(20(26)27)13-23-19(25)14-6-8-17(9-7-14)24-11-10-22-21(24)28/h2-9,16H,10-13H2,1H3,(H,22,28)(H,23,25)(H,26,27). The van der Waals surface area contributed by atoms with Crippen molar-refractivity contribution in [2.24, 2.45) is 5.92 Å². The molecule has 8 nitrogen and oxygen atoms in total. The maximum atomic E-state index is 12.4. The number of hydrogen-bond acceptors (Lipinski definition) is 4. The Morgan fingerprint density at radius 2 is 1.93 bits per heavy atom. The van der Waals surface area contributed by atoms with E-state index < -0.39 is 11.9 Å². The molecule has 3 N–H and O–H groups in total. The van der Waals surface area contributed by atoms with Crippen molar-refractivity contribution in [1.82, 2.24) is 10.6 Å². The topological polar surface area (TPSA) is 108 Å². The third-order valence-electron chi connectivity index (χ3n) is 4.82. The molecule has 1 heterocycles. The molecule has 3 rings (SSSR count). The van der Waals surface area contributed by atoms with Crippen LogP contribution in [0.15, 0.2) is 48.5 Å². The predicted molar refractivity (Wildman–Crippen MR) is 107 cm³/mol. The number of para-hydroxylation sites is 1. The zero-order valence-electron chi connectivity index (χ0n) is 16.1. The second-order valence-corrected chi connectivity index (χ2v) is 6.69. The van der Waals surface area contributed by atoms with E-state index in [0.29, 0.717) is 30.1 Å². The molecule has 1 atom stereocenters. The van der Waals surface area contributed by atoms with Crippen molar-refractivity contribution in [3.8, 4) is 5.75 Å². The van der Waals surface area contributed by atoms with Gasteiger partial charge in [0.1, 0.15) is 5.75 Å². The number of amides is 3. The lowest BCUT2D eigenvalue weighted by atomic mass is 9.98.